The van der Waals surface area contributed by atoms with Crippen LogP contribution < -0.4 is 0 Å². The van der Waals surface area contributed by atoms with Gasteiger partial charge in [0.25, 0.3) is 0 Å². The third-order valence-corrected chi connectivity index (χ3v) is 3.87. The van der Waals surface area contributed by atoms with Crippen molar-refractivity contribution in [3.8, 4) is 0 Å². The zero-order valence-electron chi connectivity index (χ0n) is 12.7. The van der Waals surface area contributed by atoms with E-state index in [0.29, 0.717) is 18.3 Å². The highest BCUT2D eigenvalue weighted by Crippen LogP contribution is 2.13. The molecular weight excluding hydrogens is 286 g/mol. The first-order chi connectivity index (χ1) is 10.2. The van der Waals surface area contributed by atoms with Crippen molar-refractivity contribution >= 4 is 11.8 Å². The molecule has 6 nitrogen and oxygen atoms in total. The zero-order valence-corrected chi connectivity index (χ0v) is 13.6. The normalized spacial score (nSPS) is 11.2. The smallest absolute Gasteiger partial charge is 0.226 e. The van der Waals surface area contributed by atoms with Crippen LogP contribution in [0.15, 0.2) is 22.1 Å². The molecule has 0 aliphatic carbocycles. The minimum Gasteiger partial charge on any atom is -0.339 e. The molecule has 21 heavy (non-hydrogen) atoms. The van der Waals surface area contributed by atoms with E-state index in [0.717, 1.165) is 35.9 Å². The molecule has 2 rings (SSSR count). The van der Waals surface area contributed by atoms with Gasteiger partial charge < -0.3 is 4.52 Å². The second kappa shape index (κ2) is 8.09. The topological polar surface area (TPSA) is 67.9 Å². The van der Waals surface area contributed by atoms with Crippen LogP contribution in [0.4, 0.5) is 0 Å². The van der Waals surface area contributed by atoms with E-state index in [-0.39, 0.29) is 0 Å². The third kappa shape index (κ3) is 5.09. The van der Waals surface area contributed by atoms with Gasteiger partial charge in [0.15, 0.2) is 11.0 Å². The lowest BCUT2D eigenvalue weighted by atomic mass is 10.3. The van der Waals surface area contributed by atoms with Crippen LogP contribution in [0, 0.1) is 0 Å². The van der Waals surface area contributed by atoms with E-state index in [2.05, 4.69) is 31.9 Å². The molecule has 0 bridgehead atoms. The van der Waals surface area contributed by atoms with Gasteiger partial charge in [0.2, 0.25) is 5.89 Å². The first kappa shape index (κ1) is 15.9. The van der Waals surface area contributed by atoms with Crippen molar-refractivity contribution < 1.29 is 4.52 Å². The van der Waals surface area contributed by atoms with Crippen molar-refractivity contribution in [2.24, 2.45) is 0 Å². The second-order valence-corrected chi connectivity index (χ2v) is 5.91. The van der Waals surface area contributed by atoms with Gasteiger partial charge in [-0.3, -0.25) is 4.90 Å². The quantitative estimate of drug-likeness (QED) is 0.548. The summed E-state index contributed by atoms with van der Waals surface area (Å²) < 4.78 is 5.10. The van der Waals surface area contributed by atoms with Crippen LogP contribution in [-0.4, -0.2) is 37.8 Å². The number of thioether (sulfide) groups is 1. The highest BCUT2D eigenvalue weighted by molar-refractivity contribution is 7.99. The van der Waals surface area contributed by atoms with Gasteiger partial charge in [-0.25, -0.2) is 9.97 Å². The number of rotatable bonds is 8. The molecule has 0 unspecified atom stereocenters. The summed E-state index contributed by atoms with van der Waals surface area (Å²) in [4.78, 5) is 15.2. The molecule has 0 radical (unpaired) electrons. The standard InChI is InChI=1S/C14H21N5OS/c1-4-6-21-14-15-7-11(8-16-14)9-19(3)10-12-17-13(5-2)20-18-12/h7-8H,4-6,9-10H2,1-3H3. The molecule has 114 valence electrons. The van der Waals surface area contributed by atoms with Gasteiger partial charge >= 0.3 is 0 Å². The summed E-state index contributed by atoms with van der Waals surface area (Å²) in [7, 11) is 2.02. The van der Waals surface area contributed by atoms with Crippen LogP contribution in [0.1, 0.15) is 37.5 Å². The number of hydrogen-bond acceptors (Lipinski definition) is 7. The fourth-order valence-corrected chi connectivity index (χ4v) is 2.44. The maximum Gasteiger partial charge on any atom is 0.226 e. The largest absolute Gasteiger partial charge is 0.339 e. The summed E-state index contributed by atoms with van der Waals surface area (Å²) in [6.45, 7) is 5.55. The Morgan fingerprint density at radius 3 is 2.57 bits per heavy atom. The first-order valence-electron chi connectivity index (χ1n) is 7.15. The molecule has 0 saturated carbocycles. The molecule has 0 amide bonds. The number of aromatic nitrogens is 4. The van der Waals surface area contributed by atoms with E-state index in [9.17, 15) is 0 Å². The maximum absolute atomic E-state index is 5.10. The van der Waals surface area contributed by atoms with E-state index in [1.807, 2.05) is 26.4 Å². The summed E-state index contributed by atoms with van der Waals surface area (Å²) in [5, 5.41) is 4.80. The Morgan fingerprint density at radius 1 is 1.19 bits per heavy atom. The minimum atomic E-state index is 0.649. The van der Waals surface area contributed by atoms with Gasteiger partial charge in [0.05, 0.1) is 6.54 Å². The average Bonchev–Trinajstić information content (AvgIpc) is 2.94. The van der Waals surface area contributed by atoms with Gasteiger partial charge in [0.1, 0.15) is 0 Å². The van der Waals surface area contributed by atoms with Crippen molar-refractivity contribution in [2.45, 2.75) is 44.9 Å². The molecule has 0 aliphatic rings. The van der Waals surface area contributed by atoms with Crippen LogP contribution in [-0.2, 0) is 19.5 Å². The predicted octanol–water partition coefficient (Wildman–Crippen LogP) is 2.56. The van der Waals surface area contributed by atoms with E-state index in [1.165, 1.54) is 0 Å². The first-order valence-corrected chi connectivity index (χ1v) is 8.13. The molecule has 7 heteroatoms. The molecule has 0 aromatic carbocycles. The second-order valence-electron chi connectivity index (χ2n) is 4.85. The van der Waals surface area contributed by atoms with Gasteiger partial charge in [-0.2, -0.15) is 4.98 Å². The lowest BCUT2D eigenvalue weighted by Gasteiger charge is -2.13. The third-order valence-electron chi connectivity index (χ3n) is 2.79. The van der Waals surface area contributed by atoms with Crippen LogP contribution in [0.2, 0.25) is 0 Å². The Labute approximate surface area is 129 Å². The monoisotopic (exact) mass is 307 g/mol. The van der Waals surface area contributed by atoms with Gasteiger partial charge in [-0.1, -0.05) is 30.8 Å². The van der Waals surface area contributed by atoms with Crippen LogP contribution >= 0.6 is 11.8 Å². The van der Waals surface area contributed by atoms with E-state index < -0.39 is 0 Å². The molecule has 0 N–H and O–H groups in total. The van der Waals surface area contributed by atoms with Gasteiger partial charge in [-0.05, 0) is 13.5 Å². The molecule has 2 heterocycles. The Hall–Kier alpha value is -1.47. The molecule has 0 fully saturated rings. The molecule has 0 spiro atoms. The molecule has 0 atom stereocenters. The summed E-state index contributed by atoms with van der Waals surface area (Å²) >= 11 is 1.69. The Bertz CT molecular complexity index is 543. The van der Waals surface area contributed by atoms with Crippen molar-refractivity contribution in [1.82, 2.24) is 25.0 Å². The predicted molar refractivity (Wildman–Crippen MR) is 81.9 cm³/mol. The Balaban J connectivity index is 1.85. The van der Waals surface area contributed by atoms with E-state index in [4.69, 9.17) is 4.52 Å². The van der Waals surface area contributed by atoms with E-state index in [1.54, 1.807) is 11.8 Å². The number of hydrogen-bond donors (Lipinski definition) is 0. The highest BCUT2D eigenvalue weighted by Gasteiger charge is 2.09. The van der Waals surface area contributed by atoms with Crippen molar-refractivity contribution in [1.29, 1.82) is 0 Å². The summed E-state index contributed by atoms with van der Waals surface area (Å²) in [5.74, 6) is 2.45. The maximum atomic E-state index is 5.10. The lowest BCUT2D eigenvalue weighted by molar-refractivity contribution is 0.299. The van der Waals surface area contributed by atoms with Crippen molar-refractivity contribution in [2.75, 3.05) is 12.8 Å². The molecular formula is C14H21N5OS. The fourth-order valence-electron chi connectivity index (χ4n) is 1.80. The average molecular weight is 307 g/mol. The van der Waals surface area contributed by atoms with Crippen molar-refractivity contribution in [3.05, 3.63) is 29.7 Å². The molecule has 2 aromatic rings. The highest BCUT2D eigenvalue weighted by atomic mass is 32.2. The minimum absolute atomic E-state index is 0.649. The molecule has 0 aliphatic heterocycles. The van der Waals surface area contributed by atoms with Crippen LogP contribution in [0.25, 0.3) is 0 Å². The SMILES string of the molecule is CCCSc1ncc(CN(C)Cc2noc(CC)n2)cn1. The van der Waals surface area contributed by atoms with Gasteiger partial charge in [0, 0.05) is 36.7 Å². The Morgan fingerprint density at radius 2 is 1.95 bits per heavy atom. The Kier molecular flexibility index (Phi) is 6.13. The lowest BCUT2D eigenvalue weighted by Crippen LogP contribution is -2.18. The van der Waals surface area contributed by atoms with Crippen molar-refractivity contribution in [3.63, 3.8) is 0 Å². The summed E-state index contributed by atoms with van der Waals surface area (Å²) in [5.41, 5.74) is 1.08. The summed E-state index contributed by atoms with van der Waals surface area (Å²) in [6, 6.07) is 0. The zero-order chi connectivity index (χ0) is 15.1. The van der Waals surface area contributed by atoms with E-state index >= 15 is 0 Å². The van der Waals surface area contributed by atoms with Gasteiger partial charge in [-0.15, -0.1) is 0 Å². The summed E-state index contributed by atoms with van der Waals surface area (Å²) in [6.07, 6.45) is 5.66. The van der Waals surface area contributed by atoms with Crippen LogP contribution in [0.5, 0.6) is 0 Å². The molecule has 2 aromatic heterocycles. The van der Waals surface area contributed by atoms with Crippen LogP contribution in [0.3, 0.4) is 0 Å². The molecule has 0 saturated heterocycles. The number of nitrogens with zero attached hydrogens (tertiary/aromatic N) is 5. The fraction of sp³-hybridized carbons (Fsp3) is 0.571. The number of aryl methyl sites for hydroxylation is 1.